The Labute approximate surface area is 138 Å². The summed E-state index contributed by atoms with van der Waals surface area (Å²) in [6, 6.07) is 13.6. The van der Waals surface area contributed by atoms with Crippen LogP contribution in [0.5, 0.6) is 0 Å². The van der Waals surface area contributed by atoms with Gasteiger partial charge in [0.1, 0.15) is 0 Å². The van der Waals surface area contributed by atoms with E-state index in [9.17, 15) is 4.79 Å². The maximum Gasteiger partial charge on any atom is 0.360 e. The molecule has 0 aliphatic rings. The molecule has 2 heterocycles. The van der Waals surface area contributed by atoms with Crippen LogP contribution in [0.15, 0.2) is 52.3 Å². The van der Waals surface area contributed by atoms with Crippen molar-refractivity contribution in [1.29, 1.82) is 0 Å². The highest BCUT2D eigenvalue weighted by Crippen LogP contribution is 2.27. The number of hydrogen-bond donors (Lipinski definition) is 0. The van der Waals surface area contributed by atoms with Crippen molar-refractivity contribution >= 4 is 29.5 Å². The van der Waals surface area contributed by atoms with Gasteiger partial charge in [0, 0.05) is 0 Å². The fourth-order valence-electron chi connectivity index (χ4n) is 2.03. The van der Waals surface area contributed by atoms with Crippen LogP contribution in [0.1, 0.15) is 28.7 Å². The van der Waals surface area contributed by atoms with Gasteiger partial charge in [-0.2, -0.15) is 0 Å². The van der Waals surface area contributed by atoms with Crippen LogP contribution >= 0.6 is 11.3 Å². The Morgan fingerprint density at radius 1 is 1.22 bits per heavy atom. The molecule has 0 radical (unpaired) electrons. The van der Waals surface area contributed by atoms with Gasteiger partial charge in [-0.3, -0.25) is 0 Å². The van der Waals surface area contributed by atoms with Gasteiger partial charge >= 0.3 is 5.97 Å². The lowest BCUT2D eigenvalue weighted by molar-refractivity contribution is 0.0519. The minimum absolute atomic E-state index is 0.197. The second-order valence-corrected chi connectivity index (χ2v) is 5.62. The van der Waals surface area contributed by atoms with E-state index in [1.54, 1.807) is 13.0 Å². The molecular formula is C18H15NO3S. The van der Waals surface area contributed by atoms with Gasteiger partial charge in [0.25, 0.3) is 0 Å². The van der Waals surface area contributed by atoms with E-state index in [-0.39, 0.29) is 5.69 Å². The molecule has 23 heavy (non-hydrogen) atoms. The van der Waals surface area contributed by atoms with Crippen LogP contribution in [-0.2, 0) is 4.74 Å². The topological polar surface area (TPSA) is 52.3 Å². The summed E-state index contributed by atoms with van der Waals surface area (Å²) in [7, 11) is 0. The lowest BCUT2D eigenvalue weighted by atomic mass is 10.2. The maximum absolute atomic E-state index is 12.1. The molecule has 3 rings (SSSR count). The summed E-state index contributed by atoms with van der Waals surface area (Å²) in [6.07, 6.45) is 3.62. The molecule has 116 valence electrons. The average Bonchev–Trinajstić information content (AvgIpc) is 3.23. The molecule has 1 aromatic carbocycles. The van der Waals surface area contributed by atoms with Crippen molar-refractivity contribution in [2.45, 2.75) is 6.92 Å². The molecule has 0 N–H and O–H groups in total. The molecule has 0 spiro atoms. The molecule has 0 aliphatic carbocycles. The largest absolute Gasteiger partial charge is 0.461 e. The van der Waals surface area contributed by atoms with Crippen molar-refractivity contribution in [3.8, 4) is 10.8 Å². The van der Waals surface area contributed by atoms with Gasteiger partial charge in [-0.15, -0.1) is 11.3 Å². The summed E-state index contributed by atoms with van der Waals surface area (Å²) in [5, 5.41) is 1.93. The minimum atomic E-state index is -0.480. The zero-order valence-corrected chi connectivity index (χ0v) is 13.4. The highest BCUT2D eigenvalue weighted by molar-refractivity contribution is 7.13. The number of thiophene rings is 1. The second kappa shape index (κ2) is 7.07. The van der Waals surface area contributed by atoms with Crippen molar-refractivity contribution in [3.05, 3.63) is 64.9 Å². The van der Waals surface area contributed by atoms with Crippen molar-refractivity contribution in [2.75, 3.05) is 6.61 Å². The molecule has 0 aliphatic heterocycles. The molecular weight excluding hydrogens is 310 g/mol. The van der Waals surface area contributed by atoms with Crippen molar-refractivity contribution < 1.29 is 13.9 Å². The molecule has 0 fully saturated rings. The summed E-state index contributed by atoms with van der Waals surface area (Å²) in [6.45, 7) is 2.06. The zero-order chi connectivity index (χ0) is 16.1. The first-order valence-electron chi connectivity index (χ1n) is 7.23. The Hall–Kier alpha value is -2.66. The smallest absolute Gasteiger partial charge is 0.360 e. The fraction of sp³-hybridized carbons (Fsp3) is 0.111. The van der Waals surface area contributed by atoms with Crippen LogP contribution in [0.2, 0.25) is 0 Å². The van der Waals surface area contributed by atoms with Crippen molar-refractivity contribution in [2.24, 2.45) is 0 Å². The van der Waals surface area contributed by atoms with Crippen LogP contribution in [0.3, 0.4) is 0 Å². The van der Waals surface area contributed by atoms with E-state index in [4.69, 9.17) is 9.15 Å². The van der Waals surface area contributed by atoms with Gasteiger partial charge in [-0.05, 0) is 30.0 Å². The third kappa shape index (κ3) is 3.57. The predicted octanol–water partition coefficient (Wildman–Crippen LogP) is 4.75. The van der Waals surface area contributed by atoms with Crippen molar-refractivity contribution in [3.63, 3.8) is 0 Å². The van der Waals surface area contributed by atoms with Gasteiger partial charge in [-0.1, -0.05) is 42.5 Å². The van der Waals surface area contributed by atoms with E-state index in [1.807, 2.05) is 53.9 Å². The number of oxazole rings is 1. The maximum atomic E-state index is 12.1. The summed E-state index contributed by atoms with van der Waals surface area (Å²) in [5.74, 6) is 0.346. The number of benzene rings is 1. The molecule has 0 saturated heterocycles. The second-order valence-electron chi connectivity index (χ2n) is 4.67. The molecule has 0 saturated carbocycles. The first-order chi connectivity index (χ1) is 11.3. The molecule has 5 heteroatoms. The Balaban J connectivity index is 1.96. The molecule has 0 amide bonds. The Kier molecular flexibility index (Phi) is 4.68. The van der Waals surface area contributed by atoms with Crippen LogP contribution in [0, 0.1) is 0 Å². The van der Waals surface area contributed by atoms with Crippen LogP contribution in [0.25, 0.3) is 22.9 Å². The first kappa shape index (κ1) is 15.2. The van der Waals surface area contributed by atoms with Crippen LogP contribution < -0.4 is 0 Å². The van der Waals surface area contributed by atoms with Gasteiger partial charge < -0.3 is 9.15 Å². The third-order valence-corrected chi connectivity index (χ3v) is 3.94. The normalized spacial score (nSPS) is 11.0. The Bertz CT molecular complexity index is 804. The summed E-state index contributed by atoms with van der Waals surface area (Å²) >= 11 is 1.51. The molecule has 2 aromatic heterocycles. The van der Waals surface area contributed by atoms with Gasteiger partial charge in [0.15, 0.2) is 11.5 Å². The number of rotatable bonds is 5. The average molecular weight is 325 g/mol. The number of hydrogen-bond acceptors (Lipinski definition) is 5. The first-order valence-corrected chi connectivity index (χ1v) is 8.11. The van der Waals surface area contributed by atoms with Gasteiger partial charge in [0.2, 0.25) is 5.89 Å². The lowest BCUT2D eigenvalue weighted by Crippen LogP contribution is -2.06. The standard InChI is InChI=1S/C18H15NO3S/c1-2-21-18(20)16-14(11-10-13-7-4-3-5-8-13)22-17(19-16)15-9-6-12-23-15/h3-12H,2H2,1H3. The quantitative estimate of drug-likeness (QED) is 0.635. The third-order valence-electron chi connectivity index (χ3n) is 3.08. The minimum Gasteiger partial charge on any atom is -0.461 e. The molecule has 0 bridgehead atoms. The predicted molar refractivity (Wildman–Crippen MR) is 91.1 cm³/mol. The fourth-order valence-corrected chi connectivity index (χ4v) is 2.68. The van der Waals surface area contributed by atoms with E-state index in [0.717, 1.165) is 10.4 Å². The zero-order valence-electron chi connectivity index (χ0n) is 12.6. The number of carbonyl (C=O) groups excluding carboxylic acids is 1. The van der Waals surface area contributed by atoms with Crippen LogP contribution in [-0.4, -0.2) is 17.6 Å². The van der Waals surface area contributed by atoms with E-state index in [1.165, 1.54) is 11.3 Å². The number of nitrogens with zero attached hydrogens (tertiary/aromatic N) is 1. The summed E-state index contributed by atoms with van der Waals surface area (Å²) < 4.78 is 10.8. The summed E-state index contributed by atoms with van der Waals surface area (Å²) in [4.78, 5) is 17.3. The van der Waals surface area contributed by atoms with Gasteiger partial charge in [0.05, 0.1) is 11.5 Å². The Morgan fingerprint density at radius 3 is 2.74 bits per heavy atom. The number of esters is 1. The van der Waals surface area contributed by atoms with E-state index in [0.29, 0.717) is 18.3 Å². The summed E-state index contributed by atoms with van der Waals surface area (Å²) in [5.41, 5.74) is 1.21. The molecule has 0 unspecified atom stereocenters. The monoisotopic (exact) mass is 325 g/mol. The number of carbonyl (C=O) groups is 1. The number of ether oxygens (including phenoxy) is 1. The highest BCUT2D eigenvalue weighted by atomic mass is 32.1. The van der Waals surface area contributed by atoms with Crippen molar-refractivity contribution in [1.82, 2.24) is 4.98 Å². The van der Waals surface area contributed by atoms with Gasteiger partial charge in [-0.25, -0.2) is 9.78 Å². The van der Waals surface area contributed by atoms with E-state index < -0.39 is 5.97 Å². The van der Waals surface area contributed by atoms with E-state index >= 15 is 0 Å². The molecule has 4 nitrogen and oxygen atoms in total. The molecule has 0 atom stereocenters. The SMILES string of the molecule is CCOC(=O)c1nc(-c2cccs2)oc1C=Cc1ccccc1. The highest BCUT2D eigenvalue weighted by Gasteiger charge is 2.20. The van der Waals surface area contributed by atoms with Crippen LogP contribution in [0.4, 0.5) is 0 Å². The number of aromatic nitrogens is 1. The Morgan fingerprint density at radius 2 is 2.04 bits per heavy atom. The lowest BCUT2D eigenvalue weighted by Gasteiger charge is -1.97. The van der Waals surface area contributed by atoms with E-state index in [2.05, 4.69) is 4.98 Å². The molecule has 3 aromatic rings.